The molecule has 2 heteroatoms. The Kier molecular flexibility index (Phi) is 7.70. The van der Waals surface area contributed by atoms with Crippen LogP contribution in [-0.2, 0) is 0 Å². The van der Waals surface area contributed by atoms with E-state index < -0.39 is 0 Å². The predicted molar refractivity (Wildman–Crippen MR) is 105 cm³/mol. The van der Waals surface area contributed by atoms with Crippen molar-refractivity contribution in [3.05, 3.63) is 48.1 Å². The van der Waals surface area contributed by atoms with Crippen LogP contribution in [0.1, 0.15) is 88.5 Å². The van der Waals surface area contributed by atoms with Crippen LogP contribution in [0.4, 0.5) is 8.78 Å². The minimum Gasteiger partial charge on any atom is -0.216 e. The van der Waals surface area contributed by atoms with E-state index in [1.165, 1.54) is 69.8 Å². The lowest BCUT2D eigenvalue weighted by Gasteiger charge is -2.38. The smallest absolute Gasteiger partial charge is 0.123 e. The van der Waals surface area contributed by atoms with Gasteiger partial charge >= 0.3 is 0 Å². The summed E-state index contributed by atoms with van der Waals surface area (Å²) < 4.78 is 25.0. The maximum Gasteiger partial charge on any atom is 0.123 e. The van der Waals surface area contributed by atoms with Crippen LogP contribution in [-0.4, -0.2) is 0 Å². The molecule has 0 amide bonds. The number of hydrogen-bond acceptors (Lipinski definition) is 0. The van der Waals surface area contributed by atoms with Gasteiger partial charge in [0.25, 0.3) is 0 Å². The van der Waals surface area contributed by atoms with Crippen LogP contribution in [0.3, 0.4) is 0 Å². The first-order chi connectivity index (χ1) is 12.8. The summed E-state index contributed by atoms with van der Waals surface area (Å²) in [6.45, 7) is 0. The Hall–Kier alpha value is -1.18. The zero-order valence-corrected chi connectivity index (χ0v) is 16.0. The molecule has 0 saturated heterocycles. The van der Waals surface area contributed by atoms with Gasteiger partial charge in [-0.3, -0.25) is 0 Å². The number of rotatable bonds is 7. The van der Waals surface area contributed by atoms with E-state index in [2.05, 4.69) is 0 Å². The third-order valence-electron chi connectivity index (χ3n) is 6.99. The molecule has 0 aromatic heterocycles. The van der Waals surface area contributed by atoms with Crippen molar-refractivity contribution in [2.24, 2.45) is 17.8 Å². The summed E-state index contributed by atoms with van der Waals surface area (Å²) >= 11 is 0. The third-order valence-corrected chi connectivity index (χ3v) is 6.99. The number of hydrogen-bond donors (Lipinski definition) is 0. The second kappa shape index (κ2) is 10.2. The van der Waals surface area contributed by atoms with Crippen molar-refractivity contribution in [3.63, 3.8) is 0 Å². The van der Waals surface area contributed by atoms with Crippen LogP contribution >= 0.6 is 0 Å². The molecule has 2 saturated carbocycles. The molecule has 0 atom stereocenters. The molecule has 144 valence electrons. The van der Waals surface area contributed by atoms with Gasteiger partial charge in [0.15, 0.2) is 0 Å². The van der Waals surface area contributed by atoms with Gasteiger partial charge in [-0.25, -0.2) is 8.78 Å². The molecular formula is C24H34F2. The molecule has 2 aliphatic rings. The lowest BCUT2D eigenvalue weighted by molar-refractivity contribution is 0.155. The molecule has 0 radical (unpaired) electrons. The van der Waals surface area contributed by atoms with Gasteiger partial charge in [0.1, 0.15) is 5.82 Å². The van der Waals surface area contributed by atoms with Crippen molar-refractivity contribution >= 4 is 0 Å². The maximum absolute atomic E-state index is 13.1. The average Bonchev–Trinajstić information content (AvgIpc) is 2.69. The predicted octanol–water partition coefficient (Wildman–Crippen LogP) is 7.95. The second-order valence-corrected chi connectivity index (χ2v) is 8.59. The van der Waals surface area contributed by atoms with Gasteiger partial charge in [-0.05, 0) is 92.7 Å². The first kappa shape index (κ1) is 19.6. The molecule has 1 aromatic carbocycles. The van der Waals surface area contributed by atoms with E-state index in [1.807, 2.05) is 12.1 Å². The van der Waals surface area contributed by atoms with Crippen molar-refractivity contribution < 1.29 is 8.78 Å². The molecular weight excluding hydrogens is 326 g/mol. The molecule has 0 unspecified atom stereocenters. The van der Waals surface area contributed by atoms with Crippen molar-refractivity contribution in [1.29, 1.82) is 0 Å². The highest BCUT2D eigenvalue weighted by molar-refractivity contribution is 5.20. The molecule has 0 spiro atoms. The molecule has 0 N–H and O–H groups in total. The fraction of sp³-hybridized carbons (Fsp3) is 0.667. The Balaban J connectivity index is 1.35. The molecule has 0 bridgehead atoms. The Morgan fingerprint density at radius 1 is 0.808 bits per heavy atom. The third kappa shape index (κ3) is 5.66. The fourth-order valence-electron chi connectivity index (χ4n) is 5.37. The first-order valence-electron chi connectivity index (χ1n) is 10.8. The molecule has 0 heterocycles. The maximum atomic E-state index is 13.1. The standard InChI is InChI=1S/C24H34F2/c25-18-4-2-1-3-5-19-6-8-20(9-7-19)21-10-12-22(13-11-21)23-14-16-24(26)17-15-23/h4,14-22H,1-3,5-13H2/b18-4+. The highest BCUT2D eigenvalue weighted by Crippen LogP contribution is 2.44. The van der Waals surface area contributed by atoms with Crippen LogP contribution in [0, 0.1) is 23.6 Å². The second-order valence-electron chi connectivity index (χ2n) is 8.59. The lowest BCUT2D eigenvalue weighted by Crippen LogP contribution is -2.25. The highest BCUT2D eigenvalue weighted by atomic mass is 19.1. The van der Waals surface area contributed by atoms with E-state index in [0.29, 0.717) is 12.2 Å². The summed E-state index contributed by atoms with van der Waals surface area (Å²) in [4.78, 5) is 0. The van der Waals surface area contributed by atoms with E-state index in [9.17, 15) is 8.78 Å². The molecule has 0 nitrogen and oxygen atoms in total. The monoisotopic (exact) mass is 360 g/mol. The average molecular weight is 361 g/mol. The number of halogens is 2. The highest BCUT2D eigenvalue weighted by Gasteiger charge is 2.31. The van der Waals surface area contributed by atoms with Gasteiger partial charge in [-0.15, -0.1) is 0 Å². The first-order valence-corrected chi connectivity index (χ1v) is 10.8. The summed E-state index contributed by atoms with van der Waals surface area (Å²) in [5.74, 6) is 3.29. The summed E-state index contributed by atoms with van der Waals surface area (Å²) in [6.07, 6.45) is 17.8. The van der Waals surface area contributed by atoms with E-state index in [1.54, 1.807) is 18.2 Å². The molecule has 1 aromatic rings. The topological polar surface area (TPSA) is 0 Å². The quantitative estimate of drug-likeness (QED) is 0.433. The van der Waals surface area contributed by atoms with Gasteiger partial charge in [-0.2, -0.15) is 0 Å². The number of allylic oxidation sites excluding steroid dienone is 1. The van der Waals surface area contributed by atoms with Crippen LogP contribution in [0.2, 0.25) is 0 Å². The van der Waals surface area contributed by atoms with E-state index in [0.717, 1.165) is 30.6 Å². The van der Waals surface area contributed by atoms with Gasteiger partial charge < -0.3 is 0 Å². The van der Waals surface area contributed by atoms with Crippen LogP contribution in [0.25, 0.3) is 0 Å². The number of benzene rings is 1. The lowest BCUT2D eigenvalue weighted by atomic mass is 9.68. The van der Waals surface area contributed by atoms with Crippen molar-refractivity contribution in [1.82, 2.24) is 0 Å². The molecule has 0 aliphatic heterocycles. The molecule has 2 fully saturated rings. The normalized spacial score (nSPS) is 29.9. The van der Waals surface area contributed by atoms with Gasteiger partial charge in [0.2, 0.25) is 0 Å². The largest absolute Gasteiger partial charge is 0.216 e. The van der Waals surface area contributed by atoms with E-state index >= 15 is 0 Å². The van der Waals surface area contributed by atoms with Gasteiger partial charge in [0, 0.05) is 0 Å². The van der Waals surface area contributed by atoms with Crippen molar-refractivity contribution in [2.45, 2.75) is 83.0 Å². The fourth-order valence-corrected chi connectivity index (χ4v) is 5.37. The Labute approximate surface area is 158 Å². The Morgan fingerprint density at radius 2 is 1.42 bits per heavy atom. The van der Waals surface area contributed by atoms with Crippen molar-refractivity contribution in [3.8, 4) is 0 Å². The van der Waals surface area contributed by atoms with Crippen LogP contribution in [0.15, 0.2) is 36.7 Å². The van der Waals surface area contributed by atoms with E-state index in [4.69, 9.17) is 0 Å². The van der Waals surface area contributed by atoms with E-state index in [-0.39, 0.29) is 5.82 Å². The summed E-state index contributed by atoms with van der Waals surface area (Å²) in [7, 11) is 0. The minimum absolute atomic E-state index is 0.127. The van der Waals surface area contributed by atoms with Crippen molar-refractivity contribution in [2.75, 3.05) is 0 Å². The Morgan fingerprint density at radius 3 is 2.04 bits per heavy atom. The molecule has 3 rings (SSSR count). The van der Waals surface area contributed by atoms with Gasteiger partial charge in [0.05, 0.1) is 6.33 Å². The minimum atomic E-state index is -0.127. The Bertz CT molecular complexity index is 532. The molecule has 2 aliphatic carbocycles. The SMILES string of the molecule is F/C=C/CCCCC1CCC(C2CCC(c3ccc(F)cc3)CC2)CC1. The molecule has 26 heavy (non-hydrogen) atoms. The zero-order valence-electron chi connectivity index (χ0n) is 16.0. The summed E-state index contributed by atoms with van der Waals surface area (Å²) in [5, 5.41) is 0. The van der Waals surface area contributed by atoms with Crippen LogP contribution < -0.4 is 0 Å². The summed E-state index contributed by atoms with van der Waals surface area (Å²) in [5.41, 5.74) is 1.33. The zero-order chi connectivity index (χ0) is 18.2. The van der Waals surface area contributed by atoms with Gasteiger partial charge in [-0.1, -0.05) is 43.9 Å². The summed E-state index contributed by atoms with van der Waals surface area (Å²) in [6, 6.07) is 7.18. The number of unbranched alkanes of at least 4 members (excludes halogenated alkanes) is 2. The van der Waals surface area contributed by atoms with Crippen LogP contribution in [0.5, 0.6) is 0 Å².